The number of nitrogens with zero attached hydrogens (tertiary/aromatic N) is 2. The highest BCUT2D eigenvalue weighted by molar-refractivity contribution is 5.48. The smallest absolute Gasteiger partial charge is 0.210 e. The first kappa shape index (κ1) is 9.00. The molecular formula is C10H18N2O. The first-order valence-corrected chi connectivity index (χ1v) is 5.13. The number of carbonyl (C=O) groups excluding carboxylic acids is 1. The lowest BCUT2D eigenvalue weighted by atomic mass is 10.1. The predicted molar refractivity (Wildman–Crippen MR) is 51.4 cm³/mol. The standard InChI is InChI=1S/C10H18N2O/c1-8-5-11(2)10(9-3-4-9)6-12(8)7-13/h7-10H,3-6H2,1-2H3. The van der Waals surface area contributed by atoms with Crippen molar-refractivity contribution >= 4 is 6.41 Å². The number of likely N-dealkylation sites (N-methyl/N-ethyl adjacent to an activating group) is 1. The van der Waals surface area contributed by atoms with Crippen LogP contribution in [0.2, 0.25) is 0 Å². The minimum atomic E-state index is 0.387. The summed E-state index contributed by atoms with van der Waals surface area (Å²) in [5.41, 5.74) is 0. The molecule has 2 aliphatic rings. The molecule has 0 spiro atoms. The molecule has 13 heavy (non-hydrogen) atoms. The van der Waals surface area contributed by atoms with E-state index >= 15 is 0 Å². The van der Waals surface area contributed by atoms with E-state index in [1.165, 1.54) is 12.8 Å². The van der Waals surface area contributed by atoms with Gasteiger partial charge in [-0.1, -0.05) is 0 Å². The lowest BCUT2D eigenvalue weighted by molar-refractivity contribution is -0.123. The SMILES string of the molecule is CC1CN(C)C(C2CC2)CN1C=O. The van der Waals surface area contributed by atoms with E-state index in [4.69, 9.17) is 0 Å². The second kappa shape index (κ2) is 3.29. The zero-order valence-electron chi connectivity index (χ0n) is 8.44. The molecule has 1 amide bonds. The van der Waals surface area contributed by atoms with Crippen LogP contribution in [0.1, 0.15) is 19.8 Å². The van der Waals surface area contributed by atoms with Crippen molar-refractivity contribution in [1.82, 2.24) is 9.80 Å². The van der Waals surface area contributed by atoms with E-state index in [-0.39, 0.29) is 0 Å². The van der Waals surface area contributed by atoms with Crippen molar-refractivity contribution in [1.29, 1.82) is 0 Å². The third-order valence-corrected chi connectivity index (χ3v) is 3.38. The number of rotatable bonds is 2. The van der Waals surface area contributed by atoms with Gasteiger partial charge in [0.1, 0.15) is 0 Å². The highest BCUT2D eigenvalue weighted by Crippen LogP contribution is 2.36. The number of hydrogen-bond acceptors (Lipinski definition) is 2. The second-order valence-electron chi connectivity index (χ2n) is 4.50. The van der Waals surface area contributed by atoms with Crippen LogP contribution in [0, 0.1) is 5.92 Å². The van der Waals surface area contributed by atoms with Gasteiger partial charge in [0, 0.05) is 25.2 Å². The molecule has 0 aromatic heterocycles. The molecule has 3 nitrogen and oxygen atoms in total. The lowest BCUT2D eigenvalue weighted by Crippen LogP contribution is -2.56. The van der Waals surface area contributed by atoms with E-state index in [1.807, 2.05) is 4.90 Å². The zero-order chi connectivity index (χ0) is 9.42. The molecule has 2 atom stereocenters. The number of piperazine rings is 1. The summed E-state index contributed by atoms with van der Waals surface area (Å²) in [7, 11) is 2.18. The highest BCUT2D eigenvalue weighted by Gasteiger charge is 2.38. The Morgan fingerprint density at radius 1 is 1.31 bits per heavy atom. The molecule has 2 fully saturated rings. The highest BCUT2D eigenvalue weighted by atomic mass is 16.1. The molecule has 1 heterocycles. The van der Waals surface area contributed by atoms with Gasteiger partial charge >= 0.3 is 0 Å². The fraction of sp³-hybridized carbons (Fsp3) is 0.900. The van der Waals surface area contributed by atoms with Crippen LogP contribution in [-0.2, 0) is 4.79 Å². The van der Waals surface area contributed by atoms with Gasteiger partial charge in [0.05, 0.1) is 0 Å². The number of amides is 1. The molecular weight excluding hydrogens is 164 g/mol. The van der Waals surface area contributed by atoms with E-state index in [1.54, 1.807) is 0 Å². The third kappa shape index (κ3) is 1.70. The van der Waals surface area contributed by atoms with Crippen molar-refractivity contribution in [2.45, 2.75) is 31.8 Å². The average Bonchev–Trinajstić information content (AvgIpc) is 2.88. The summed E-state index contributed by atoms with van der Waals surface area (Å²) >= 11 is 0. The summed E-state index contributed by atoms with van der Waals surface area (Å²) in [5, 5.41) is 0. The second-order valence-corrected chi connectivity index (χ2v) is 4.50. The zero-order valence-corrected chi connectivity index (χ0v) is 8.44. The summed E-state index contributed by atoms with van der Waals surface area (Å²) in [5.74, 6) is 0.861. The summed E-state index contributed by atoms with van der Waals surface area (Å²) in [6, 6.07) is 1.01. The minimum absolute atomic E-state index is 0.387. The Kier molecular flexibility index (Phi) is 2.28. The van der Waals surface area contributed by atoms with Crippen molar-refractivity contribution < 1.29 is 4.79 Å². The van der Waals surface area contributed by atoms with Crippen LogP contribution in [0.25, 0.3) is 0 Å². The van der Waals surface area contributed by atoms with Crippen molar-refractivity contribution in [2.75, 3.05) is 20.1 Å². The fourth-order valence-electron chi connectivity index (χ4n) is 2.33. The Morgan fingerprint density at radius 2 is 2.00 bits per heavy atom. The molecule has 0 N–H and O–H groups in total. The monoisotopic (exact) mass is 182 g/mol. The van der Waals surface area contributed by atoms with Gasteiger partial charge < -0.3 is 4.90 Å². The normalized spacial score (nSPS) is 36.3. The molecule has 1 saturated carbocycles. The van der Waals surface area contributed by atoms with Crippen LogP contribution in [0.4, 0.5) is 0 Å². The van der Waals surface area contributed by atoms with Crippen molar-refractivity contribution in [2.24, 2.45) is 5.92 Å². The van der Waals surface area contributed by atoms with Gasteiger partial charge in [0.15, 0.2) is 0 Å². The maximum Gasteiger partial charge on any atom is 0.210 e. The molecule has 0 radical (unpaired) electrons. The molecule has 1 saturated heterocycles. The van der Waals surface area contributed by atoms with Crippen LogP contribution in [0.15, 0.2) is 0 Å². The summed E-state index contributed by atoms with van der Waals surface area (Å²) in [6.45, 7) is 4.08. The fourth-order valence-corrected chi connectivity index (χ4v) is 2.33. The number of hydrogen-bond donors (Lipinski definition) is 0. The van der Waals surface area contributed by atoms with Crippen LogP contribution in [-0.4, -0.2) is 48.4 Å². The van der Waals surface area contributed by atoms with Gasteiger partial charge in [0.25, 0.3) is 0 Å². The van der Waals surface area contributed by atoms with Crippen molar-refractivity contribution in [3.05, 3.63) is 0 Å². The molecule has 1 aliphatic carbocycles. The Bertz CT molecular complexity index is 203. The van der Waals surface area contributed by atoms with Crippen LogP contribution in [0.3, 0.4) is 0 Å². The largest absolute Gasteiger partial charge is 0.340 e. The molecule has 3 heteroatoms. The maximum absolute atomic E-state index is 10.8. The molecule has 2 rings (SSSR count). The van der Waals surface area contributed by atoms with Crippen LogP contribution >= 0.6 is 0 Å². The van der Waals surface area contributed by atoms with Gasteiger partial charge in [-0.3, -0.25) is 9.69 Å². The molecule has 0 bridgehead atoms. The maximum atomic E-state index is 10.8. The topological polar surface area (TPSA) is 23.6 Å². The quantitative estimate of drug-likeness (QED) is 0.582. The average molecular weight is 182 g/mol. The van der Waals surface area contributed by atoms with Gasteiger partial charge in [-0.2, -0.15) is 0 Å². The van der Waals surface area contributed by atoms with Gasteiger partial charge in [-0.25, -0.2) is 0 Å². The van der Waals surface area contributed by atoms with E-state index in [9.17, 15) is 4.79 Å². The summed E-state index contributed by atoms with van der Waals surface area (Å²) in [6.07, 6.45) is 3.72. The first-order chi connectivity index (χ1) is 6.22. The number of carbonyl (C=O) groups is 1. The Labute approximate surface area is 79.7 Å². The van der Waals surface area contributed by atoms with Crippen molar-refractivity contribution in [3.8, 4) is 0 Å². The summed E-state index contributed by atoms with van der Waals surface area (Å²) < 4.78 is 0. The van der Waals surface area contributed by atoms with E-state index < -0.39 is 0 Å². The van der Waals surface area contributed by atoms with Crippen LogP contribution in [0.5, 0.6) is 0 Å². The van der Waals surface area contributed by atoms with E-state index in [2.05, 4.69) is 18.9 Å². The molecule has 74 valence electrons. The Hall–Kier alpha value is -0.570. The Morgan fingerprint density at radius 3 is 2.54 bits per heavy atom. The minimum Gasteiger partial charge on any atom is -0.340 e. The van der Waals surface area contributed by atoms with E-state index in [0.29, 0.717) is 12.1 Å². The molecule has 1 aliphatic heterocycles. The molecule has 0 aromatic rings. The van der Waals surface area contributed by atoms with Crippen molar-refractivity contribution in [3.63, 3.8) is 0 Å². The predicted octanol–water partition coefficient (Wildman–Crippen LogP) is 0.557. The first-order valence-electron chi connectivity index (χ1n) is 5.13. The lowest BCUT2D eigenvalue weighted by Gasteiger charge is -2.42. The van der Waals surface area contributed by atoms with E-state index in [0.717, 1.165) is 25.4 Å². The Balaban J connectivity index is 2.00. The van der Waals surface area contributed by atoms with Crippen LogP contribution < -0.4 is 0 Å². The third-order valence-electron chi connectivity index (χ3n) is 3.38. The van der Waals surface area contributed by atoms with Gasteiger partial charge in [-0.15, -0.1) is 0 Å². The summed E-state index contributed by atoms with van der Waals surface area (Å²) in [4.78, 5) is 15.1. The van der Waals surface area contributed by atoms with Gasteiger partial charge in [0.2, 0.25) is 6.41 Å². The molecule has 0 aromatic carbocycles. The molecule has 2 unspecified atom stereocenters. The van der Waals surface area contributed by atoms with Gasteiger partial charge in [-0.05, 0) is 32.7 Å².